The first-order chi connectivity index (χ1) is 11.9. The highest BCUT2D eigenvalue weighted by Crippen LogP contribution is 2.28. The van der Waals surface area contributed by atoms with Crippen molar-refractivity contribution in [1.29, 1.82) is 0 Å². The first-order valence-corrected chi connectivity index (χ1v) is 9.88. The Bertz CT molecular complexity index is 1140. The summed E-state index contributed by atoms with van der Waals surface area (Å²) in [7, 11) is -3.29. The first kappa shape index (κ1) is 16.1. The fraction of sp³-hybridized carbons (Fsp3) is 0.111. The van der Waals surface area contributed by atoms with E-state index in [1.54, 1.807) is 24.4 Å². The molecule has 0 saturated heterocycles. The Balaban J connectivity index is 1.78. The molecular weight excluding hydrogens is 358 g/mol. The topological polar surface area (TPSA) is 71.4 Å². The second-order valence-electron chi connectivity index (χ2n) is 5.90. The summed E-state index contributed by atoms with van der Waals surface area (Å²) in [5, 5.41) is 4.72. The summed E-state index contributed by atoms with van der Waals surface area (Å²) < 4.78 is 23.7. The quantitative estimate of drug-likeness (QED) is 0.746. The number of halogens is 1. The monoisotopic (exact) mass is 371 g/mol. The van der Waals surface area contributed by atoms with Gasteiger partial charge in [-0.1, -0.05) is 11.6 Å². The summed E-state index contributed by atoms with van der Waals surface area (Å²) >= 11 is 6.03. The SMILES string of the molecule is CS(=O)(=O)c1ccc2nccc(NC3=NCc4cc(Cl)ccc43)c2c1. The Hall–Kier alpha value is -2.44. The normalized spacial score (nSPS) is 13.6. The van der Waals surface area contributed by atoms with Gasteiger partial charge in [0.25, 0.3) is 0 Å². The molecule has 7 heteroatoms. The van der Waals surface area contributed by atoms with Crippen molar-refractivity contribution in [3.63, 3.8) is 0 Å². The van der Waals surface area contributed by atoms with Gasteiger partial charge in [0.2, 0.25) is 0 Å². The van der Waals surface area contributed by atoms with E-state index in [0.29, 0.717) is 17.1 Å². The molecule has 0 spiro atoms. The van der Waals surface area contributed by atoms with Crippen LogP contribution in [0.5, 0.6) is 0 Å². The molecule has 0 amide bonds. The Morgan fingerprint density at radius 2 is 1.96 bits per heavy atom. The molecule has 0 unspecified atom stereocenters. The highest BCUT2D eigenvalue weighted by molar-refractivity contribution is 7.90. The van der Waals surface area contributed by atoms with E-state index >= 15 is 0 Å². The van der Waals surface area contributed by atoms with Crippen molar-refractivity contribution in [2.75, 3.05) is 11.6 Å². The van der Waals surface area contributed by atoms with E-state index in [0.717, 1.165) is 28.0 Å². The zero-order chi connectivity index (χ0) is 17.6. The lowest BCUT2D eigenvalue weighted by atomic mass is 10.1. The van der Waals surface area contributed by atoms with E-state index in [4.69, 9.17) is 11.6 Å². The fourth-order valence-corrected chi connectivity index (χ4v) is 3.71. The van der Waals surface area contributed by atoms with Crippen LogP contribution >= 0.6 is 11.6 Å². The number of fused-ring (bicyclic) bond motifs is 2. The molecular formula is C18H14ClN3O2S. The third-order valence-corrected chi connectivity index (χ3v) is 5.47. The number of rotatable bonds is 2. The van der Waals surface area contributed by atoms with E-state index in [-0.39, 0.29) is 4.90 Å². The molecule has 1 aromatic heterocycles. The Kier molecular flexibility index (Phi) is 3.74. The number of amidine groups is 1. The molecule has 0 fully saturated rings. The van der Waals surface area contributed by atoms with Crippen LogP contribution in [0.4, 0.5) is 5.69 Å². The number of anilines is 1. The number of aromatic nitrogens is 1. The minimum atomic E-state index is -3.29. The molecule has 25 heavy (non-hydrogen) atoms. The maximum Gasteiger partial charge on any atom is 0.175 e. The summed E-state index contributed by atoms with van der Waals surface area (Å²) in [6.45, 7) is 0.565. The highest BCUT2D eigenvalue weighted by atomic mass is 35.5. The number of pyridine rings is 1. The smallest absolute Gasteiger partial charge is 0.175 e. The predicted octanol–water partition coefficient (Wildman–Crippen LogP) is 3.66. The van der Waals surface area contributed by atoms with Crippen molar-refractivity contribution < 1.29 is 8.42 Å². The van der Waals surface area contributed by atoms with Crippen molar-refractivity contribution in [2.45, 2.75) is 11.4 Å². The van der Waals surface area contributed by atoms with Crippen LogP contribution in [0.15, 0.2) is 58.5 Å². The molecule has 2 aromatic carbocycles. The van der Waals surface area contributed by atoms with Crippen LogP contribution in [-0.4, -0.2) is 25.5 Å². The Morgan fingerprint density at radius 3 is 2.76 bits per heavy atom. The molecule has 3 aromatic rings. The standard InChI is InChI=1S/C18H14ClN3O2S/c1-25(23,24)13-3-5-16-15(9-13)17(6-7-20-16)22-18-14-4-2-12(19)8-11(14)10-21-18/h2-9H,10H2,1H3,(H,20,21,22). The molecule has 1 N–H and O–H groups in total. The molecule has 5 nitrogen and oxygen atoms in total. The van der Waals surface area contributed by atoms with Gasteiger partial charge in [-0.15, -0.1) is 0 Å². The number of benzene rings is 2. The molecule has 0 radical (unpaired) electrons. The lowest BCUT2D eigenvalue weighted by Gasteiger charge is -2.11. The van der Waals surface area contributed by atoms with Crippen molar-refractivity contribution in [3.8, 4) is 0 Å². The summed E-state index contributed by atoms with van der Waals surface area (Å²) in [5.41, 5.74) is 3.53. The van der Waals surface area contributed by atoms with Crippen LogP contribution < -0.4 is 5.32 Å². The molecule has 0 bridgehead atoms. The number of aliphatic imine (C=N–C) groups is 1. The summed E-state index contributed by atoms with van der Waals surface area (Å²) in [4.78, 5) is 9.09. The van der Waals surface area contributed by atoms with E-state index in [9.17, 15) is 8.42 Å². The Labute approximate surface area is 150 Å². The van der Waals surface area contributed by atoms with E-state index in [1.165, 1.54) is 6.26 Å². The average molecular weight is 372 g/mol. The molecule has 0 atom stereocenters. The number of nitrogens with one attached hydrogen (secondary N) is 1. The first-order valence-electron chi connectivity index (χ1n) is 7.61. The molecule has 4 rings (SSSR count). The minimum absolute atomic E-state index is 0.261. The van der Waals surface area contributed by atoms with Gasteiger partial charge in [-0.05, 0) is 48.0 Å². The third kappa shape index (κ3) is 2.99. The zero-order valence-corrected chi connectivity index (χ0v) is 14.9. The summed E-state index contributed by atoms with van der Waals surface area (Å²) in [6, 6.07) is 12.4. The van der Waals surface area contributed by atoms with Gasteiger partial charge in [0.15, 0.2) is 9.84 Å². The van der Waals surface area contributed by atoms with Crippen LogP contribution in [-0.2, 0) is 16.4 Å². The molecule has 0 aliphatic carbocycles. The van der Waals surface area contributed by atoms with Crippen LogP contribution in [0, 0.1) is 0 Å². The third-order valence-electron chi connectivity index (χ3n) is 4.12. The van der Waals surface area contributed by atoms with Crippen LogP contribution in [0.1, 0.15) is 11.1 Å². The van der Waals surface area contributed by atoms with Crippen molar-refractivity contribution in [2.24, 2.45) is 4.99 Å². The largest absolute Gasteiger partial charge is 0.339 e. The molecule has 0 saturated carbocycles. The summed E-state index contributed by atoms with van der Waals surface area (Å²) in [6.07, 6.45) is 2.88. The van der Waals surface area contributed by atoms with Crippen molar-refractivity contribution in [3.05, 3.63) is 64.8 Å². The average Bonchev–Trinajstić information content (AvgIpc) is 2.96. The molecule has 2 heterocycles. The number of nitrogens with zero attached hydrogens (tertiary/aromatic N) is 2. The van der Waals surface area contributed by atoms with Gasteiger partial charge >= 0.3 is 0 Å². The minimum Gasteiger partial charge on any atom is -0.339 e. The fourth-order valence-electron chi connectivity index (χ4n) is 2.87. The van der Waals surface area contributed by atoms with Gasteiger partial charge in [-0.25, -0.2) is 8.42 Å². The maximum absolute atomic E-state index is 11.9. The van der Waals surface area contributed by atoms with Crippen LogP contribution in [0.25, 0.3) is 10.9 Å². The van der Waals surface area contributed by atoms with E-state index < -0.39 is 9.84 Å². The van der Waals surface area contributed by atoms with Gasteiger partial charge in [-0.2, -0.15) is 0 Å². The lowest BCUT2D eigenvalue weighted by molar-refractivity contribution is 0.602. The number of hydrogen-bond acceptors (Lipinski definition) is 5. The van der Waals surface area contributed by atoms with Gasteiger partial charge in [0.05, 0.1) is 22.6 Å². The highest BCUT2D eigenvalue weighted by Gasteiger charge is 2.17. The molecule has 1 aliphatic rings. The number of hydrogen-bond donors (Lipinski definition) is 1. The Morgan fingerprint density at radius 1 is 1.12 bits per heavy atom. The maximum atomic E-state index is 11.9. The van der Waals surface area contributed by atoms with Gasteiger partial charge in [0.1, 0.15) is 5.84 Å². The van der Waals surface area contributed by atoms with Crippen molar-refractivity contribution in [1.82, 2.24) is 4.98 Å². The van der Waals surface area contributed by atoms with Crippen LogP contribution in [0.2, 0.25) is 5.02 Å². The lowest BCUT2D eigenvalue weighted by Crippen LogP contribution is -2.12. The second kappa shape index (κ2) is 5.82. The van der Waals surface area contributed by atoms with Gasteiger partial charge in [0, 0.05) is 28.4 Å². The van der Waals surface area contributed by atoms with Gasteiger partial charge in [-0.3, -0.25) is 9.98 Å². The van der Waals surface area contributed by atoms with E-state index in [1.807, 2.05) is 24.3 Å². The zero-order valence-electron chi connectivity index (χ0n) is 13.3. The second-order valence-corrected chi connectivity index (χ2v) is 8.35. The summed E-state index contributed by atoms with van der Waals surface area (Å²) in [5.74, 6) is 0.740. The van der Waals surface area contributed by atoms with E-state index in [2.05, 4.69) is 15.3 Å². The molecule has 126 valence electrons. The van der Waals surface area contributed by atoms with Crippen molar-refractivity contribution >= 4 is 43.9 Å². The molecule has 1 aliphatic heterocycles. The van der Waals surface area contributed by atoms with Crippen LogP contribution in [0.3, 0.4) is 0 Å². The van der Waals surface area contributed by atoms with Gasteiger partial charge < -0.3 is 5.32 Å². The predicted molar refractivity (Wildman–Crippen MR) is 100 cm³/mol. The number of sulfone groups is 1.